The van der Waals surface area contributed by atoms with Crippen molar-refractivity contribution in [2.24, 2.45) is 4.99 Å². The lowest BCUT2D eigenvalue weighted by atomic mass is 9.96. The molecule has 1 saturated carbocycles. The number of methoxy groups -OCH3 is 1. The van der Waals surface area contributed by atoms with Gasteiger partial charge in [-0.25, -0.2) is 0 Å². The maximum atomic E-state index is 5.90. The molecular weight excluding hydrogens is 290 g/mol. The van der Waals surface area contributed by atoms with Gasteiger partial charge >= 0.3 is 0 Å². The number of benzene rings is 1. The summed E-state index contributed by atoms with van der Waals surface area (Å²) in [5.74, 6) is 2.54. The first kappa shape index (κ1) is 17.4. The van der Waals surface area contributed by atoms with Crippen LogP contribution in [0.4, 0.5) is 0 Å². The molecule has 1 aromatic carbocycles. The van der Waals surface area contributed by atoms with Crippen LogP contribution in [0, 0.1) is 0 Å². The molecule has 1 fully saturated rings. The van der Waals surface area contributed by atoms with Crippen molar-refractivity contribution in [2.75, 3.05) is 20.7 Å². The molecule has 1 aliphatic carbocycles. The SMILES string of the molecule is CN=C(NCC(C)Oc1ccc(OC)cc1)NC1CCCCC1. The van der Waals surface area contributed by atoms with Gasteiger partial charge in [0, 0.05) is 13.1 Å². The minimum absolute atomic E-state index is 0.0494. The topological polar surface area (TPSA) is 54.9 Å². The zero-order valence-corrected chi connectivity index (χ0v) is 14.5. The summed E-state index contributed by atoms with van der Waals surface area (Å²) in [6, 6.07) is 8.19. The van der Waals surface area contributed by atoms with Gasteiger partial charge in [-0.15, -0.1) is 0 Å². The van der Waals surface area contributed by atoms with Gasteiger partial charge in [0.05, 0.1) is 13.7 Å². The lowest BCUT2D eigenvalue weighted by molar-refractivity contribution is 0.223. The van der Waals surface area contributed by atoms with E-state index in [1.807, 2.05) is 38.2 Å². The molecule has 2 rings (SSSR count). The van der Waals surface area contributed by atoms with Gasteiger partial charge < -0.3 is 20.1 Å². The van der Waals surface area contributed by atoms with Gasteiger partial charge in [0.2, 0.25) is 0 Å². The Bertz CT molecular complexity index is 482. The molecule has 0 aromatic heterocycles. The molecule has 0 saturated heterocycles. The molecule has 1 aromatic rings. The molecule has 5 nitrogen and oxygen atoms in total. The van der Waals surface area contributed by atoms with E-state index in [0.29, 0.717) is 12.6 Å². The largest absolute Gasteiger partial charge is 0.497 e. The number of hydrogen-bond donors (Lipinski definition) is 2. The van der Waals surface area contributed by atoms with Gasteiger partial charge in [-0.05, 0) is 44.0 Å². The average molecular weight is 319 g/mol. The molecule has 1 atom stereocenters. The highest BCUT2D eigenvalue weighted by molar-refractivity contribution is 5.79. The van der Waals surface area contributed by atoms with E-state index in [2.05, 4.69) is 15.6 Å². The minimum Gasteiger partial charge on any atom is -0.497 e. The van der Waals surface area contributed by atoms with E-state index in [0.717, 1.165) is 17.5 Å². The van der Waals surface area contributed by atoms with E-state index < -0.39 is 0 Å². The van der Waals surface area contributed by atoms with Crippen molar-refractivity contribution in [3.05, 3.63) is 24.3 Å². The molecule has 0 amide bonds. The Labute approximate surface area is 139 Å². The van der Waals surface area contributed by atoms with E-state index in [1.54, 1.807) is 7.11 Å². The third kappa shape index (κ3) is 6.00. The third-order valence-corrected chi connectivity index (χ3v) is 4.12. The average Bonchev–Trinajstić information content (AvgIpc) is 2.60. The first-order chi connectivity index (χ1) is 11.2. The fraction of sp³-hybridized carbons (Fsp3) is 0.611. The molecule has 5 heteroatoms. The molecule has 0 aliphatic heterocycles. The van der Waals surface area contributed by atoms with Gasteiger partial charge in [0.1, 0.15) is 17.6 Å². The Morgan fingerprint density at radius 2 is 1.83 bits per heavy atom. The number of hydrogen-bond acceptors (Lipinski definition) is 3. The summed E-state index contributed by atoms with van der Waals surface area (Å²) < 4.78 is 11.0. The Morgan fingerprint density at radius 1 is 1.17 bits per heavy atom. The molecule has 1 unspecified atom stereocenters. The van der Waals surface area contributed by atoms with Crippen LogP contribution in [-0.4, -0.2) is 38.8 Å². The molecular formula is C18H29N3O2. The van der Waals surface area contributed by atoms with E-state index in [1.165, 1.54) is 32.1 Å². The fourth-order valence-electron chi connectivity index (χ4n) is 2.80. The van der Waals surface area contributed by atoms with Crippen molar-refractivity contribution in [3.63, 3.8) is 0 Å². The monoisotopic (exact) mass is 319 g/mol. The van der Waals surface area contributed by atoms with Crippen LogP contribution in [0.1, 0.15) is 39.0 Å². The molecule has 2 N–H and O–H groups in total. The fourth-order valence-corrected chi connectivity index (χ4v) is 2.80. The van der Waals surface area contributed by atoms with Gasteiger partial charge in [-0.2, -0.15) is 0 Å². The van der Waals surface area contributed by atoms with Gasteiger partial charge in [0.15, 0.2) is 5.96 Å². The van der Waals surface area contributed by atoms with Crippen molar-refractivity contribution < 1.29 is 9.47 Å². The Morgan fingerprint density at radius 3 is 2.43 bits per heavy atom. The number of guanidine groups is 1. The summed E-state index contributed by atoms with van der Waals surface area (Å²) in [6.45, 7) is 2.75. The second kappa shape index (κ2) is 9.28. The summed E-state index contributed by atoms with van der Waals surface area (Å²) in [5, 5.41) is 6.86. The first-order valence-corrected chi connectivity index (χ1v) is 8.49. The van der Waals surface area contributed by atoms with Crippen LogP contribution >= 0.6 is 0 Å². The predicted molar refractivity (Wildman–Crippen MR) is 94.5 cm³/mol. The van der Waals surface area contributed by atoms with E-state index >= 15 is 0 Å². The van der Waals surface area contributed by atoms with Crippen LogP contribution in [0.15, 0.2) is 29.3 Å². The summed E-state index contributed by atoms with van der Waals surface area (Å²) in [6.07, 6.45) is 6.50. The summed E-state index contributed by atoms with van der Waals surface area (Å²) in [7, 11) is 3.47. The predicted octanol–water partition coefficient (Wildman–Crippen LogP) is 2.96. The highest BCUT2D eigenvalue weighted by Gasteiger charge is 2.15. The zero-order chi connectivity index (χ0) is 16.5. The molecule has 0 radical (unpaired) electrons. The highest BCUT2D eigenvalue weighted by atomic mass is 16.5. The number of aliphatic imine (C=N–C) groups is 1. The van der Waals surface area contributed by atoms with Crippen LogP contribution < -0.4 is 20.1 Å². The maximum absolute atomic E-state index is 5.90. The third-order valence-electron chi connectivity index (χ3n) is 4.12. The number of rotatable bonds is 6. The van der Waals surface area contributed by atoms with Crippen molar-refractivity contribution in [2.45, 2.75) is 51.2 Å². The molecule has 0 spiro atoms. The van der Waals surface area contributed by atoms with E-state index in [-0.39, 0.29) is 6.10 Å². The quantitative estimate of drug-likeness (QED) is 0.625. The zero-order valence-electron chi connectivity index (χ0n) is 14.5. The normalized spacial score (nSPS) is 17.4. The van der Waals surface area contributed by atoms with Crippen LogP contribution in [0.2, 0.25) is 0 Å². The lowest BCUT2D eigenvalue weighted by Gasteiger charge is -2.25. The van der Waals surface area contributed by atoms with Crippen molar-refractivity contribution >= 4 is 5.96 Å². The molecule has 0 heterocycles. The van der Waals surface area contributed by atoms with Crippen molar-refractivity contribution in [1.82, 2.24) is 10.6 Å². The van der Waals surface area contributed by atoms with Gasteiger partial charge in [0.25, 0.3) is 0 Å². The molecule has 1 aliphatic rings. The summed E-state index contributed by atoms with van der Waals surface area (Å²) in [4.78, 5) is 4.31. The standard InChI is InChI=1S/C18H29N3O2/c1-14(23-17-11-9-16(22-3)10-12-17)13-20-18(19-2)21-15-7-5-4-6-8-15/h9-12,14-15H,4-8,13H2,1-3H3,(H2,19,20,21). The number of ether oxygens (including phenoxy) is 2. The Kier molecular flexibility index (Phi) is 7.04. The molecule has 128 valence electrons. The summed E-state index contributed by atoms with van der Waals surface area (Å²) in [5.41, 5.74) is 0. The van der Waals surface area contributed by atoms with Gasteiger partial charge in [-0.3, -0.25) is 4.99 Å². The second-order valence-electron chi connectivity index (χ2n) is 6.04. The second-order valence-corrected chi connectivity index (χ2v) is 6.04. The summed E-state index contributed by atoms with van der Waals surface area (Å²) >= 11 is 0. The highest BCUT2D eigenvalue weighted by Crippen LogP contribution is 2.18. The van der Waals surface area contributed by atoms with Crippen LogP contribution in [0.25, 0.3) is 0 Å². The number of nitrogens with zero attached hydrogens (tertiary/aromatic N) is 1. The smallest absolute Gasteiger partial charge is 0.191 e. The lowest BCUT2D eigenvalue weighted by Crippen LogP contribution is -2.46. The first-order valence-electron chi connectivity index (χ1n) is 8.49. The Hall–Kier alpha value is -1.91. The number of nitrogens with one attached hydrogen (secondary N) is 2. The Balaban J connectivity index is 1.73. The van der Waals surface area contributed by atoms with Gasteiger partial charge in [-0.1, -0.05) is 19.3 Å². The van der Waals surface area contributed by atoms with Crippen LogP contribution in [0.5, 0.6) is 11.5 Å². The van der Waals surface area contributed by atoms with Crippen LogP contribution in [-0.2, 0) is 0 Å². The van der Waals surface area contributed by atoms with Crippen LogP contribution in [0.3, 0.4) is 0 Å². The van der Waals surface area contributed by atoms with E-state index in [4.69, 9.17) is 9.47 Å². The maximum Gasteiger partial charge on any atom is 0.191 e. The molecule has 23 heavy (non-hydrogen) atoms. The molecule has 0 bridgehead atoms. The van der Waals surface area contributed by atoms with Crippen molar-refractivity contribution in [1.29, 1.82) is 0 Å². The van der Waals surface area contributed by atoms with Crippen molar-refractivity contribution in [3.8, 4) is 11.5 Å². The minimum atomic E-state index is 0.0494. The van der Waals surface area contributed by atoms with E-state index in [9.17, 15) is 0 Å².